The summed E-state index contributed by atoms with van der Waals surface area (Å²) in [5.74, 6) is 0.0366. The van der Waals surface area contributed by atoms with E-state index in [0.717, 1.165) is 11.6 Å². The third-order valence-corrected chi connectivity index (χ3v) is 18.9. The van der Waals surface area contributed by atoms with Gasteiger partial charge in [0, 0.05) is 174 Å². The average molecular weight is 1930 g/mol. The lowest BCUT2D eigenvalue weighted by molar-refractivity contribution is -0.145. The first-order chi connectivity index (χ1) is 62.3. The molecule has 0 saturated heterocycles. The van der Waals surface area contributed by atoms with E-state index >= 15 is 0 Å². The Labute approximate surface area is 825 Å². The molecule has 2 amide bonds. The van der Waals surface area contributed by atoms with Crippen LogP contribution >= 0.6 is 0 Å². The Bertz CT molecular complexity index is 4020. The molecule has 0 saturated carbocycles. The van der Waals surface area contributed by atoms with Crippen LogP contribution in [0.1, 0.15) is 384 Å². The molecule has 0 aromatic heterocycles. The van der Waals surface area contributed by atoms with Crippen molar-refractivity contribution in [3.63, 3.8) is 0 Å². The molecule has 2 N–H and O–H groups in total. The summed E-state index contributed by atoms with van der Waals surface area (Å²) in [4.78, 5) is 231. The second-order valence-electron chi connectivity index (χ2n) is 42.5. The standard InChI is InChI=1S/C15H25NO3.C15H24O3.C13H22O3.C13H22O2.C12H20O3.2C12H20O2.C10H16O3.C9H15NO3/c1-5-7-12(17)8-6-9-14(19)16-11-13(18)10-15(2,3)4;1-5-7-12(16)8-6-9-13(17)10-11-14(18)15(2,3)4;1-10(8-9-16-5)11(14)6-7-12(15)13(2,3)4;1-5-7-11(14)8-6-9-12(15)10-13(2,3)4;1-12(2,3)11(14)8-7-10(13)6-5-9-15-4;2*1-6-9(2)10(13)7-8-11(14)12(3,4)5;1-5-6-9(12)13-7-8(11)10(2,3)4;1-5-8(12)10-13-6-7(11)9(2,3)4/h5,7H,6,8-11H2,1-4H3,(H,16,19);5,7H,6,8-11H2,1-4H3;8H,6-7,9H2,1-5H3;5,7H,6,8-10H2,1-4H3;5-6H,7-9H2,1-4H3;6H,7-8H2,1-5H3;2,6-8H2,1,3-5H3;5-6H,7H2,1-4H3;5H,1,6H2,2-4H3,(H,10,12)/b2*7-5+;10-8+;7-5+;6-5+;9-6+;;6-5+;. The highest BCUT2D eigenvalue weighted by Crippen LogP contribution is 2.25. The predicted octanol–water partition coefficient (Wildman–Crippen LogP) is 22.1. The summed E-state index contributed by atoms with van der Waals surface area (Å²) in [6.07, 6.45) is 29.4. The van der Waals surface area contributed by atoms with E-state index in [1.54, 1.807) is 139 Å². The maximum atomic E-state index is 11.6. The van der Waals surface area contributed by atoms with Crippen LogP contribution in [0.25, 0.3) is 0 Å². The van der Waals surface area contributed by atoms with Gasteiger partial charge in [-0.05, 0) is 132 Å². The number of methoxy groups -OCH3 is 2. The first kappa shape index (κ1) is 145. The number of esters is 1. The number of Topliss-reactive ketones (excluding diaryl/α,β-unsaturated/α-hetero) is 13. The van der Waals surface area contributed by atoms with E-state index in [9.17, 15) is 95.9 Å². The molecule has 0 bridgehead atoms. The van der Waals surface area contributed by atoms with Crippen molar-refractivity contribution in [2.45, 2.75) is 384 Å². The van der Waals surface area contributed by atoms with Crippen LogP contribution in [-0.2, 0) is 115 Å². The smallest absolute Gasteiger partial charge is 0.330 e. The summed E-state index contributed by atoms with van der Waals surface area (Å²) in [6.45, 7) is 72.8. The van der Waals surface area contributed by atoms with Crippen molar-refractivity contribution in [1.82, 2.24) is 10.8 Å². The molecule has 0 heterocycles. The van der Waals surface area contributed by atoms with Gasteiger partial charge in [0.05, 0.1) is 19.8 Å². The molecule has 0 spiro atoms. The summed E-state index contributed by atoms with van der Waals surface area (Å²) in [5, 5.41) is 2.59. The van der Waals surface area contributed by atoms with E-state index in [1.165, 1.54) is 24.3 Å². The Balaban J connectivity index is -0.000000193. The third-order valence-electron chi connectivity index (χ3n) is 18.9. The van der Waals surface area contributed by atoms with Gasteiger partial charge in [0.2, 0.25) is 5.91 Å². The molecule has 0 aliphatic heterocycles. The van der Waals surface area contributed by atoms with Crippen LogP contribution in [0, 0.1) is 48.7 Å². The maximum absolute atomic E-state index is 11.6. The van der Waals surface area contributed by atoms with Gasteiger partial charge < -0.3 is 19.5 Å². The summed E-state index contributed by atoms with van der Waals surface area (Å²) < 4.78 is 14.3. The van der Waals surface area contributed by atoms with Crippen LogP contribution in [-0.4, -0.2) is 163 Å². The number of rotatable bonds is 50. The Hall–Kier alpha value is -9.66. The molecule has 0 aliphatic carbocycles. The maximum Gasteiger partial charge on any atom is 0.330 e. The zero-order valence-corrected chi connectivity index (χ0v) is 91.8. The van der Waals surface area contributed by atoms with Gasteiger partial charge in [-0.25, -0.2) is 10.3 Å². The van der Waals surface area contributed by atoms with Crippen molar-refractivity contribution in [3.05, 3.63) is 109 Å². The topological polar surface area (TPSA) is 402 Å². The molecule has 0 radical (unpaired) electrons. The summed E-state index contributed by atoms with van der Waals surface area (Å²) in [6, 6.07) is 0. The Morgan fingerprint density at radius 2 is 0.657 bits per heavy atom. The molecule has 0 unspecified atom stereocenters. The summed E-state index contributed by atoms with van der Waals surface area (Å²) in [5.41, 5.74) is 1.45. The lowest BCUT2D eigenvalue weighted by Crippen LogP contribution is -2.31. The van der Waals surface area contributed by atoms with Crippen LogP contribution < -0.4 is 10.8 Å². The van der Waals surface area contributed by atoms with E-state index in [-0.39, 0.29) is 175 Å². The van der Waals surface area contributed by atoms with Gasteiger partial charge in [0.15, 0.2) is 64.4 Å². The average Bonchev–Trinajstić information content (AvgIpc) is 0.885. The zero-order valence-electron chi connectivity index (χ0n) is 91.8. The highest BCUT2D eigenvalue weighted by atomic mass is 16.7. The Morgan fingerprint density at radius 3 is 0.993 bits per heavy atom. The zero-order chi connectivity index (χ0) is 109. The molecule has 137 heavy (non-hydrogen) atoms. The second-order valence-corrected chi connectivity index (χ2v) is 42.5. The number of hydrogen-bond acceptors (Lipinski definition) is 24. The highest BCUT2D eigenvalue weighted by Gasteiger charge is 2.28. The van der Waals surface area contributed by atoms with Gasteiger partial charge in [-0.2, -0.15) is 0 Å². The van der Waals surface area contributed by atoms with Gasteiger partial charge in [-0.3, -0.25) is 95.9 Å². The summed E-state index contributed by atoms with van der Waals surface area (Å²) in [7, 11) is 3.15. The Morgan fingerprint density at radius 1 is 0.336 bits per heavy atom. The first-order valence-electron chi connectivity index (χ1n) is 47.4. The number of ketones is 17. The first-order valence-corrected chi connectivity index (χ1v) is 47.4. The van der Waals surface area contributed by atoms with Crippen molar-refractivity contribution in [3.8, 4) is 0 Å². The van der Waals surface area contributed by atoms with Gasteiger partial charge in [-0.15, -0.1) is 0 Å². The van der Waals surface area contributed by atoms with E-state index in [4.69, 9.17) is 14.2 Å². The predicted molar refractivity (Wildman–Crippen MR) is 550 cm³/mol. The van der Waals surface area contributed by atoms with Crippen molar-refractivity contribution in [1.29, 1.82) is 0 Å². The number of allylic oxidation sites excluding steroid dienone is 12. The fraction of sp³-hybridized carbons (Fsp3) is 0.658. The van der Waals surface area contributed by atoms with E-state index < -0.39 is 22.7 Å². The largest absolute Gasteiger partial charge is 0.455 e. The molecule has 782 valence electrons. The van der Waals surface area contributed by atoms with Gasteiger partial charge in [-0.1, -0.05) is 250 Å². The molecule has 0 aromatic carbocycles. The number of amides is 2. The van der Waals surface area contributed by atoms with E-state index in [2.05, 4.69) is 49.6 Å². The van der Waals surface area contributed by atoms with E-state index in [0.29, 0.717) is 153 Å². The molecule has 0 aliphatic rings. The molecule has 0 fully saturated rings. The van der Waals surface area contributed by atoms with E-state index in [1.807, 2.05) is 145 Å². The molecule has 0 aromatic rings. The minimum absolute atomic E-state index is 0.0186. The van der Waals surface area contributed by atoms with Crippen LogP contribution in [0.15, 0.2) is 109 Å². The van der Waals surface area contributed by atoms with Crippen molar-refractivity contribution in [2.24, 2.45) is 48.7 Å². The van der Waals surface area contributed by atoms with Crippen LogP contribution in [0.5, 0.6) is 0 Å². The molecule has 26 nitrogen and oxygen atoms in total. The fourth-order valence-corrected chi connectivity index (χ4v) is 9.52. The van der Waals surface area contributed by atoms with Crippen LogP contribution in [0.2, 0.25) is 0 Å². The van der Waals surface area contributed by atoms with Gasteiger partial charge >= 0.3 is 5.97 Å². The monoisotopic (exact) mass is 1930 g/mol. The Kier molecular flexibility index (Phi) is 82.8. The lowest BCUT2D eigenvalue weighted by atomic mass is 9.87. The molecule has 0 rings (SSSR count). The highest BCUT2D eigenvalue weighted by molar-refractivity contribution is 6.00. The van der Waals surface area contributed by atoms with Crippen LogP contribution in [0.3, 0.4) is 0 Å². The summed E-state index contributed by atoms with van der Waals surface area (Å²) >= 11 is 0. The van der Waals surface area contributed by atoms with Crippen molar-refractivity contribution >= 4 is 116 Å². The fourth-order valence-electron chi connectivity index (χ4n) is 9.52. The minimum Gasteiger partial charge on any atom is -0.455 e. The number of nitrogens with one attached hydrogen (secondary N) is 2. The third kappa shape index (κ3) is 99.2. The number of carbonyl (C=O) groups excluding carboxylic acids is 20. The molecule has 26 heteroatoms. The number of ether oxygens (including phenoxy) is 3. The van der Waals surface area contributed by atoms with Crippen molar-refractivity contribution in [2.75, 3.05) is 47.2 Å². The molecule has 0 atom stereocenters. The SMILES string of the molecule is C/C=C(\C)C(=O)CCC(=O)C(C)(C)C.C/C=C/C(=O)CCCC(=O)CC(C)(C)C.C/C=C/C(=O)CCCC(=O)CCC(=O)C(C)(C)C.C/C=C/C(=O)CCCC(=O)NCC(=O)CC(C)(C)C.C/C=C/C(=O)OCC(=O)C(C)(C)C.C=C(CC)C(=O)CCC(=O)C(C)(C)C.C=CC(=O)NOCC(=O)C(C)(C)C.COC/C=C(\C)C(=O)CCC(=O)C(C)(C)C.COC/C=C/C(=O)CCC(=O)C(C)(C)C. The van der Waals surface area contributed by atoms with Gasteiger partial charge in [0.1, 0.15) is 47.1 Å². The number of hydroxylamine groups is 1. The number of carbonyl (C=O) groups is 20. The lowest BCUT2D eigenvalue weighted by Gasteiger charge is -2.16. The van der Waals surface area contributed by atoms with Gasteiger partial charge in [0.25, 0.3) is 5.91 Å². The molecular formula is C111H184N2O24. The quantitative estimate of drug-likeness (QED) is 0.0324. The minimum atomic E-state index is -0.472. The second kappa shape index (κ2) is 78.2. The van der Waals surface area contributed by atoms with Crippen molar-refractivity contribution < 1.29 is 115 Å². The molecular weight excluding hydrogens is 1750 g/mol. The number of hydrogen-bond donors (Lipinski definition) is 2. The normalized spacial score (nSPS) is 11.8. The van der Waals surface area contributed by atoms with Crippen LogP contribution in [0.4, 0.5) is 0 Å².